The molecule has 0 amide bonds. The lowest BCUT2D eigenvalue weighted by molar-refractivity contribution is -0.137. The fraction of sp³-hybridized carbons (Fsp3) is 0.200. The quantitative estimate of drug-likeness (QED) is 0.612. The van der Waals surface area contributed by atoms with Crippen LogP contribution in [0, 0.1) is 0 Å². The average molecular weight is 388 g/mol. The van der Waals surface area contributed by atoms with Crippen LogP contribution in [-0.2, 0) is 6.18 Å². The Morgan fingerprint density at radius 1 is 1.04 bits per heavy atom. The number of hydrogen-bond acceptors (Lipinski definition) is 5. The number of nitrogens with one attached hydrogen (secondary N) is 1. The minimum absolute atomic E-state index is 0.146. The van der Waals surface area contributed by atoms with Gasteiger partial charge in [0, 0.05) is 24.6 Å². The van der Waals surface area contributed by atoms with Gasteiger partial charge in [0.1, 0.15) is 17.1 Å². The number of anilines is 4. The zero-order valence-corrected chi connectivity index (χ0v) is 15.4. The second-order valence-corrected chi connectivity index (χ2v) is 5.91. The van der Waals surface area contributed by atoms with Gasteiger partial charge in [0.05, 0.1) is 6.61 Å². The predicted octanol–water partition coefficient (Wildman–Crippen LogP) is 5.41. The summed E-state index contributed by atoms with van der Waals surface area (Å²) in [6.45, 7) is 2.36. The highest BCUT2D eigenvalue weighted by Crippen LogP contribution is 2.36. The first-order chi connectivity index (χ1) is 13.4. The molecule has 0 aliphatic heterocycles. The summed E-state index contributed by atoms with van der Waals surface area (Å²) in [4.78, 5) is 9.63. The minimum atomic E-state index is -4.59. The first-order valence-corrected chi connectivity index (χ1v) is 8.61. The first kappa shape index (κ1) is 19.5. The SMILES string of the molecule is CCOc1ccc(Nc2nc(N(C)c3ccccc3)ncc2C(F)(F)F)cc1. The Morgan fingerprint density at radius 3 is 2.32 bits per heavy atom. The molecule has 146 valence electrons. The molecule has 1 aromatic heterocycles. The number of rotatable bonds is 6. The highest BCUT2D eigenvalue weighted by molar-refractivity contribution is 5.64. The van der Waals surface area contributed by atoms with Gasteiger partial charge in [-0.05, 0) is 43.3 Å². The Labute approximate surface area is 160 Å². The van der Waals surface area contributed by atoms with Gasteiger partial charge in [-0.15, -0.1) is 0 Å². The second-order valence-electron chi connectivity index (χ2n) is 5.91. The smallest absolute Gasteiger partial charge is 0.421 e. The molecule has 1 N–H and O–H groups in total. The fourth-order valence-electron chi connectivity index (χ4n) is 2.54. The van der Waals surface area contributed by atoms with Gasteiger partial charge < -0.3 is 15.0 Å². The molecule has 0 spiro atoms. The number of hydrogen-bond donors (Lipinski definition) is 1. The van der Waals surface area contributed by atoms with Gasteiger partial charge >= 0.3 is 6.18 Å². The first-order valence-electron chi connectivity index (χ1n) is 8.61. The predicted molar refractivity (Wildman–Crippen MR) is 102 cm³/mol. The summed E-state index contributed by atoms with van der Waals surface area (Å²) in [6.07, 6.45) is -3.80. The van der Waals surface area contributed by atoms with E-state index < -0.39 is 11.7 Å². The number of nitrogens with zero attached hydrogens (tertiary/aromatic N) is 3. The number of halogens is 3. The Balaban J connectivity index is 1.94. The molecule has 2 aromatic carbocycles. The normalized spacial score (nSPS) is 11.2. The van der Waals surface area contributed by atoms with Gasteiger partial charge in [0.2, 0.25) is 5.95 Å². The van der Waals surface area contributed by atoms with Crippen LogP contribution in [0.3, 0.4) is 0 Å². The van der Waals surface area contributed by atoms with Crippen molar-refractivity contribution < 1.29 is 17.9 Å². The van der Waals surface area contributed by atoms with E-state index in [1.54, 1.807) is 36.2 Å². The van der Waals surface area contributed by atoms with Gasteiger partial charge in [-0.25, -0.2) is 4.98 Å². The summed E-state index contributed by atoms with van der Waals surface area (Å²) in [5.74, 6) is 0.466. The van der Waals surface area contributed by atoms with Crippen molar-refractivity contribution in [2.24, 2.45) is 0 Å². The molecule has 8 heteroatoms. The maximum absolute atomic E-state index is 13.4. The third-order valence-corrected chi connectivity index (χ3v) is 3.95. The highest BCUT2D eigenvalue weighted by Gasteiger charge is 2.35. The van der Waals surface area contributed by atoms with Crippen molar-refractivity contribution in [2.75, 3.05) is 23.9 Å². The van der Waals surface area contributed by atoms with Crippen LogP contribution in [0.15, 0.2) is 60.8 Å². The van der Waals surface area contributed by atoms with Gasteiger partial charge in [-0.2, -0.15) is 18.2 Å². The third-order valence-electron chi connectivity index (χ3n) is 3.95. The molecular formula is C20H19F3N4O. The molecule has 0 unspecified atom stereocenters. The van der Waals surface area contributed by atoms with Crippen molar-refractivity contribution in [3.05, 3.63) is 66.4 Å². The summed E-state index contributed by atoms with van der Waals surface area (Å²) in [6, 6.07) is 15.8. The van der Waals surface area contributed by atoms with Crippen LogP contribution in [-0.4, -0.2) is 23.6 Å². The average Bonchev–Trinajstić information content (AvgIpc) is 2.69. The molecule has 0 atom stereocenters. The van der Waals surface area contributed by atoms with Gasteiger partial charge in [-0.1, -0.05) is 18.2 Å². The summed E-state index contributed by atoms with van der Waals surface area (Å²) in [7, 11) is 1.69. The monoisotopic (exact) mass is 388 g/mol. The highest BCUT2D eigenvalue weighted by atomic mass is 19.4. The number of alkyl halides is 3. The zero-order valence-electron chi connectivity index (χ0n) is 15.4. The van der Waals surface area contributed by atoms with E-state index in [-0.39, 0.29) is 11.8 Å². The number of aromatic nitrogens is 2. The van der Waals surface area contributed by atoms with Crippen LogP contribution in [0.2, 0.25) is 0 Å². The maximum atomic E-state index is 13.4. The standard InChI is InChI=1S/C20H19F3N4O/c1-3-28-16-11-9-14(10-12-16)25-18-17(20(21,22)23)13-24-19(26-18)27(2)15-7-5-4-6-8-15/h4-13H,3H2,1-2H3,(H,24,25,26). The van der Waals surface area contributed by atoms with Gasteiger partial charge in [0.25, 0.3) is 0 Å². The van der Waals surface area contributed by atoms with Crippen LogP contribution in [0.4, 0.5) is 36.3 Å². The van der Waals surface area contributed by atoms with Gasteiger partial charge in [-0.3, -0.25) is 0 Å². The van der Waals surface area contributed by atoms with E-state index >= 15 is 0 Å². The summed E-state index contributed by atoms with van der Waals surface area (Å²) >= 11 is 0. The lowest BCUT2D eigenvalue weighted by Gasteiger charge is -2.20. The van der Waals surface area contributed by atoms with Gasteiger partial charge in [0.15, 0.2) is 0 Å². The molecule has 5 nitrogen and oxygen atoms in total. The van der Waals surface area contributed by atoms with Crippen molar-refractivity contribution in [2.45, 2.75) is 13.1 Å². The summed E-state index contributed by atoms with van der Waals surface area (Å²) in [5, 5.41) is 2.74. The Hall–Kier alpha value is -3.29. The van der Waals surface area contributed by atoms with Crippen LogP contribution in [0.1, 0.15) is 12.5 Å². The Morgan fingerprint density at radius 2 is 1.71 bits per heavy atom. The van der Waals surface area contributed by atoms with Crippen LogP contribution >= 0.6 is 0 Å². The fourth-order valence-corrected chi connectivity index (χ4v) is 2.54. The lowest BCUT2D eigenvalue weighted by Crippen LogP contribution is -2.17. The van der Waals surface area contributed by atoms with Crippen molar-refractivity contribution in [1.29, 1.82) is 0 Å². The molecule has 0 aliphatic rings. The van der Waals surface area contributed by atoms with Crippen molar-refractivity contribution in [1.82, 2.24) is 9.97 Å². The zero-order chi connectivity index (χ0) is 20.1. The molecule has 0 saturated carbocycles. The van der Waals surface area contributed by atoms with E-state index in [1.807, 2.05) is 37.3 Å². The van der Waals surface area contributed by atoms with E-state index in [4.69, 9.17) is 4.74 Å². The molecule has 0 bridgehead atoms. The molecule has 1 heterocycles. The third kappa shape index (κ3) is 4.51. The second kappa shape index (κ2) is 8.16. The molecule has 0 fully saturated rings. The van der Waals surface area contributed by atoms with Crippen molar-refractivity contribution >= 4 is 23.1 Å². The molecule has 0 radical (unpaired) electrons. The number of ether oxygens (including phenoxy) is 1. The number of para-hydroxylation sites is 1. The van der Waals surface area contributed by atoms with Crippen LogP contribution in [0.5, 0.6) is 5.75 Å². The van der Waals surface area contributed by atoms with Crippen LogP contribution in [0.25, 0.3) is 0 Å². The number of benzene rings is 2. The van der Waals surface area contributed by atoms with Crippen LogP contribution < -0.4 is 15.0 Å². The van der Waals surface area contributed by atoms with E-state index in [2.05, 4.69) is 15.3 Å². The Bertz CT molecular complexity index is 915. The van der Waals surface area contributed by atoms with E-state index in [1.165, 1.54) is 0 Å². The molecular weight excluding hydrogens is 369 g/mol. The molecule has 3 aromatic rings. The van der Waals surface area contributed by atoms with E-state index in [9.17, 15) is 13.2 Å². The van der Waals surface area contributed by atoms with E-state index in [0.717, 1.165) is 11.9 Å². The largest absolute Gasteiger partial charge is 0.494 e. The maximum Gasteiger partial charge on any atom is 0.421 e. The molecule has 28 heavy (non-hydrogen) atoms. The minimum Gasteiger partial charge on any atom is -0.494 e. The lowest BCUT2D eigenvalue weighted by atomic mass is 10.2. The summed E-state index contributed by atoms with van der Waals surface area (Å²) < 4.78 is 45.6. The topological polar surface area (TPSA) is 50.3 Å². The van der Waals surface area contributed by atoms with Crippen molar-refractivity contribution in [3.8, 4) is 5.75 Å². The molecule has 0 saturated heterocycles. The Kier molecular flexibility index (Phi) is 5.67. The summed E-state index contributed by atoms with van der Waals surface area (Å²) in [5.41, 5.74) is 0.279. The van der Waals surface area contributed by atoms with E-state index in [0.29, 0.717) is 18.0 Å². The van der Waals surface area contributed by atoms with Crippen molar-refractivity contribution in [3.63, 3.8) is 0 Å². The molecule has 0 aliphatic carbocycles. The molecule has 3 rings (SSSR count).